The van der Waals surface area contributed by atoms with Crippen molar-refractivity contribution in [3.8, 4) is 0 Å². The molecule has 0 saturated carbocycles. The summed E-state index contributed by atoms with van der Waals surface area (Å²) in [6.07, 6.45) is 0. The lowest BCUT2D eigenvalue weighted by Gasteiger charge is -2.18. The van der Waals surface area contributed by atoms with Crippen LogP contribution in [-0.2, 0) is 0 Å². The normalized spacial score (nSPS) is 10.6. The molecule has 2 aromatic carbocycles. The van der Waals surface area contributed by atoms with E-state index in [1.807, 2.05) is 55.6 Å². The first-order valence-corrected chi connectivity index (χ1v) is 6.19. The van der Waals surface area contributed by atoms with E-state index in [1.54, 1.807) is 0 Å². The largest absolute Gasteiger partial charge is 0.399 e. The van der Waals surface area contributed by atoms with Crippen LogP contribution in [0.3, 0.4) is 0 Å². The van der Waals surface area contributed by atoms with Gasteiger partial charge in [0.25, 0.3) is 0 Å². The van der Waals surface area contributed by atoms with E-state index >= 15 is 0 Å². The molecule has 2 N–H and O–H groups in total. The van der Waals surface area contributed by atoms with Gasteiger partial charge in [-0.05, 0) is 42.5 Å². The fraction of sp³-hybridized carbons (Fsp3) is 0.0625. The molecule has 0 saturated heterocycles. The molecule has 19 heavy (non-hydrogen) atoms. The highest BCUT2D eigenvalue weighted by Crippen LogP contribution is 2.24. The number of hydrogen-bond donors (Lipinski definition) is 1. The van der Waals surface area contributed by atoms with E-state index in [1.165, 1.54) is 0 Å². The Balaban J connectivity index is 2.04. The van der Waals surface area contributed by atoms with Gasteiger partial charge < -0.3 is 10.6 Å². The molecule has 0 aliphatic rings. The van der Waals surface area contributed by atoms with Gasteiger partial charge in [-0.15, -0.1) is 0 Å². The minimum atomic E-state index is 0.762. The summed E-state index contributed by atoms with van der Waals surface area (Å²) in [5.74, 6) is 0.920. The van der Waals surface area contributed by atoms with Crippen LogP contribution < -0.4 is 10.6 Å². The Morgan fingerprint density at radius 2 is 1.74 bits per heavy atom. The lowest BCUT2D eigenvalue weighted by Crippen LogP contribution is -2.10. The Morgan fingerprint density at radius 1 is 0.947 bits per heavy atom. The van der Waals surface area contributed by atoms with Gasteiger partial charge in [-0.2, -0.15) is 0 Å². The van der Waals surface area contributed by atoms with E-state index in [9.17, 15) is 0 Å². The third-order valence-electron chi connectivity index (χ3n) is 3.19. The number of fused-ring (bicyclic) bond motifs is 1. The van der Waals surface area contributed by atoms with Gasteiger partial charge in [0, 0.05) is 23.8 Å². The van der Waals surface area contributed by atoms with E-state index in [0.29, 0.717) is 0 Å². The molecule has 1 aromatic heterocycles. The second kappa shape index (κ2) is 4.61. The van der Waals surface area contributed by atoms with Crippen LogP contribution in [0.15, 0.2) is 60.7 Å². The van der Waals surface area contributed by atoms with Crippen LogP contribution in [0.5, 0.6) is 0 Å². The summed E-state index contributed by atoms with van der Waals surface area (Å²) in [7, 11) is 2.01. The van der Waals surface area contributed by atoms with Crippen molar-refractivity contribution in [2.75, 3.05) is 17.7 Å². The van der Waals surface area contributed by atoms with E-state index in [-0.39, 0.29) is 0 Å². The number of aromatic nitrogens is 1. The predicted molar refractivity (Wildman–Crippen MR) is 80.7 cm³/mol. The van der Waals surface area contributed by atoms with Crippen LogP contribution in [0.2, 0.25) is 0 Å². The fourth-order valence-electron chi connectivity index (χ4n) is 2.10. The van der Waals surface area contributed by atoms with Gasteiger partial charge in [-0.1, -0.05) is 18.2 Å². The molecule has 0 unspecified atom stereocenters. The first kappa shape index (κ1) is 11.5. The third-order valence-corrected chi connectivity index (χ3v) is 3.19. The SMILES string of the molecule is CN(c1ccccc1)c1ccc2cc(N)ccc2n1. The van der Waals surface area contributed by atoms with Gasteiger partial charge in [-0.3, -0.25) is 0 Å². The molecule has 0 amide bonds. The van der Waals surface area contributed by atoms with E-state index in [4.69, 9.17) is 5.73 Å². The predicted octanol–water partition coefficient (Wildman–Crippen LogP) is 3.58. The van der Waals surface area contributed by atoms with Crippen LogP contribution in [-0.4, -0.2) is 12.0 Å². The molecular weight excluding hydrogens is 234 g/mol. The van der Waals surface area contributed by atoms with Crippen LogP contribution in [0.1, 0.15) is 0 Å². The number of para-hydroxylation sites is 1. The number of nitrogens with two attached hydrogens (primary N) is 1. The molecule has 0 radical (unpaired) electrons. The zero-order valence-corrected chi connectivity index (χ0v) is 10.7. The van der Waals surface area contributed by atoms with Crippen molar-refractivity contribution >= 4 is 28.1 Å². The van der Waals surface area contributed by atoms with Gasteiger partial charge in [0.2, 0.25) is 0 Å². The quantitative estimate of drug-likeness (QED) is 0.706. The lowest BCUT2D eigenvalue weighted by atomic mass is 10.2. The maximum atomic E-state index is 5.77. The van der Waals surface area contributed by atoms with Crippen molar-refractivity contribution in [3.05, 3.63) is 60.7 Å². The van der Waals surface area contributed by atoms with Crippen molar-refractivity contribution in [3.63, 3.8) is 0 Å². The molecule has 0 aliphatic heterocycles. The molecule has 94 valence electrons. The monoisotopic (exact) mass is 249 g/mol. The van der Waals surface area contributed by atoms with E-state index < -0.39 is 0 Å². The van der Waals surface area contributed by atoms with Gasteiger partial charge in [-0.25, -0.2) is 4.98 Å². The minimum Gasteiger partial charge on any atom is -0.399 e. The topological polar surface area (TPSA) is 42.1 Å². The van der Waals surface area contributed by atoms with Crippen LogP contribution in [0.4, 0.5) is 17.2 Å². The first-order chi connectivity index (χ1) is 9.24. The number of pyridine rings is 1. The second-order valence-corrected chi connectivity index (χ2v) is 4.52. The molecule has 0 atom stereocenters. The summed E-state index contributed by atoms with van der Waals surface area (Å²) in [5, 5.41) is 1.06. The van der Waals surface area contributed by atoms with Crippen molar-refractivity contribution < 1.29 is 0 Å². The standard InChI is InChI=1S/C16H15N3/c1-19(14-5-3-2-4-6-14)16-10-7-12-11-13(17)8-9-15(12)18-16/h2-11H,17H2,1H3. The molecule has 0 aliphatic carbocycles. The molecular formula is C16H15N3. The summed E-state index contributed by atoms with van der Waals surface area (Å²) in [6, 6.07) is 20.0. The summed E-state index contributed by atoms with van der Waals surface area (Å²) in [4.78, 5) is 6.73. The van der Waals surface area contributed by atoms with Gasteiger partial charge in [0.05, 0.1) is 5.52 Å². The molecule has 3 rings (SSSR count). The smallest absolute Gasteiger partial charge is 0.133 e. The van der Waals surface area contributed by atoms with Crippen molar-refractivity contribution in [2.45, 2.75) is 0 Å². The summed E-state index contributed by atoms with van der Waals surface area (Å²) in [5.41, 5.74) is 8.61. The van der Waals surface area contributed by atoms with Gasteiger partial charge in [0.15, 0.2) is 0 Å². The van der Waals surface area contributed by atoms with E-state index in [2.05, 4.69) is 22.0 Å². The highest BCUT2D eigenvalue weighted by Gasteiger charge is 2.05. The lowest BCUT2D eigenvalue weighted by molar-refractivity contribution is 1.15. The Hall–Kier alpha value is -2.55. The van der Waals surface area contributed by atoms with Crippen molar-refractivity contribution in [1.29, 1.82) is 0 Å². The van der Waals surface area contributed by atoms with E-state index in [0.717, 1.165) is 28.1 Å². The maximum Gasteiger partial charge on any atom is 0.133 e. The zero-order chi connectivity index (χ0) is 13.2. The summed E-state index contributed by atoms with van der Waals surface area (Å²) in [6.45, 7) is 0. The highest BCUT2D eigenvalue weighted by molar-refractivity contribution is 5.84. The zero-order valence-electron chi connectivity index (χ0n) is 10.7. The molecule has 0 fully saturated rings. The molecule has 3 heteroatoms. The number of anilines is 3. The summed E-state index contributed by atoms with van der Waals surface area (Å²) >= 11 is 0. The number of nitrogens with zero attached hydrogens (tertiary/aromatic N) is 2. The molecule has 0 bridgehead atoms. The second-order valence-electron chi connectivity index (χ2n) is 4.52. The number of benzene rings is 2. The first-order valence-electron chi connectivity index (χ1n) is 6.19. The molecule has 3 aromatic rings. The minimum absolute atomic E-state index is 0.762. The molecule has 3 nitrogen and oxygen atoms in total. The van der Waals surface area contributed by atoms with Crippen molar-refractivity contribution in [1.82, 2.24) is 4.98 Å². The highest BCUT2D eigenvalue weighted by atomic mass is 15.2. The third kappa shape index (κ3) is 2.22. The van der Waals surface area contributed by atoms with Gasteiger partial charge in [0.1, 0.15) is 5.82 Å². The molecule has 0 spiro atoms. The van der Waals surface area contributed by atoms with Crippen LogP contribution in [0, 0.1) is 0 Å². The Kier molecular flexibility index (Phi) is 2.80. The van der Waals surface area contributed by atoms with Crippen LogP contribution in [0.25, 0.3) is 10.9 Å². The fourth-order valence-corrected chi connectivity index (χ4v) is 2.10. The number of hydrogen-bond acceptors (Lipinski definition) is 3. The maximum absolute atomic E-state index is 5.77. The molecule has 1 heterocycles. The number of rotatable bonds is 2. The van der Waals surface area contributed by atoms with Crippen molar-refractivity contribution in [2.24, 2.45) is 0 Å². The Labute approximate surface area is 112 Å². The number of nitrogen functional groups attached to an aromatic ring is 1. The average molecular weight is 249 g/mol. The Morgan fingerprint density at radius 3 is 2.53 bits per heavy atom. The average Bonchev–Trinajstić information content (AvgIpc) is 2.47. The van der Waals surface area contributed by atoms with Gasteiger partial charge >= 0.3 is 0 Å². The van der Waals surface area contributed by atoms with Crippen LogP contribution >= 0.6 is 0 Å². The Bertz CT molecular complexity index is 708. The summed E-state index contributed by atoms with van der Waals surface area (Å²) < 4.78 is 0.